The first-order valence-electron chi connectivity index (χ1n) is 7.14. The van der Waals surface area contributed by atoms with Crippen LogP contribution in [0.3, 0.4) is 0 Å². The van der Waals surface area contributed by atoms with Crippen LogP contribution in [0.15, 0.2) is 24.3 Å². The van der Waals surface area contributed by atoms with Gasteiger partial charge in [-0.25, -0.2) is 4.98 Å². The number of aryl methyl sites for hydroxylation is 1. The lowest BCUT2D eigenvalue weighted by molar-refractivity contribution is -0.137. The van der Waals surface area contributed by atoms with E-state index in [1.54, 1.807) is 0 Å². The van der Waals surface area contributed by atoms with Crippen molar-refractivity contribution in [1.29, 1.82) is 0 Å². The number of benzene rings is 1. The summed E-state index contributed by atoms with van der Waals surface area (Å²) >= 11 is 0. The van der Waals surface area contributed by atoms with Gasteiger partial charge >= 0.3 is 5.97 Å². The number of aromatic nitrogens is 2. The Morgan fingerprint density at radius 2 is 2.14 bits per heavy atom. The van der Waals surface area contributed by atoms with E-state index in [-0.39, 0.29) is 13.0 Å². The van der Waals surface area contributed by atoms with Gasteiger partial charge in [0, 0.05) is 13.1 Å². The molecule has 0 bridgehead atoms. The van der Waals surface area contributed by atoms with Gasteiger partial charge in [0.15, 0.2) is 0 Å². The number of aliphatic hydroxyl groups is 1. The van der Waals surface area contributed by atoms with Crippen molar-refractivity contribution >= 4 is 17.0 Å². The first kappa shape index (κ1) is 15.5. The number of carbonyl (C=O) groups is 1. The van der Waals surface area contributed by atoms with Gasteiger partial charge in [-0.2, -0.15) is 0 Å². The molecule has 114 valence electrons. The summed E-state index contributed by atoms with van der Waals surface area (Å²) in [4.78, 5) is 17.5. The summed E-state index contributed by atoms with van der Waals surface area (Å²) in [5.41, 5.74) is 1.83. The van der Waals surface area contributed by atoms with Crippen molar-refractivity contribution in [3.8, 4) is 0 Å². The van der Waals surface area contributed by atoms with Crippen LogP contribution in [0.5, 0.6) is 0 Å². The third-order valence-electron chi connectivity index (χ3n) is 3.51. The predicted octanol–water partition coefficient (Wildman–Crippen LogP) is 1.33. The monoisotopic (exact) mass is 291 g/mol. The van der Waals surface area contributed by atoms with E-state index in [0.29, 0.717) is 19.6 Å². The SMILES string of the molecule is CCN(CCO)Cc1nc2ccccc2n1CCC(=O)O. The van der Waals surface area contributed by atoms with Gasteiger partial charge in [0.25, 0.3) is 0 Å². The molecule has 0 aliphatic heterocycles. The van der Waals surface area contributed by atoms with Gasteiger partial charge in [-0.15, -0.1) is 0 Å². The van der Waals surface area contributed by atoms with Gasteiger partial charge in [-0.05, 0) is 18.7 Å². The average molecular weight is 291 g/mol. The fourth-order valence-corrected chi connectivity index (χ4v) is 2.39. The molecule has 0 saturated heterocycles. The van der Waals surface area contributed by atoms with Crippen molar-refractivity contribution in [1.82, 2.24) is 14.5 Å². The van der Waals surface area contributed by atoms with Gasteiger partial charge in [0.2, 0.25) is 0 Å². The molecule has 0 aliphatic carbocycles. The lowest BCUT2D eigenvalue weighted by atomic mass is 10.3. The fourth-order valence-electron chi connectivity index (χ4n) is 2.39. The van der Waals surface area contributed by atoms with Crippen LogP contribution in [0, 0.1) is 0 Å². The molecule has 0 atom stereocenters. The maximum atomic E-state index is 10.8. The number of para-hydroxylation sites is 2. The first-order chi connectivity index (χ1) is 10.2. The number of rotatable bonds is 8. The zero-order valence-electron chi connectivity index (χ0n) is 12.2. The van der Waals surface area contributed by atoms with Gasteiger partial charge in [-0.3, -0.25) is 9.69 Å². The lowest BCUT2D eigenvalue weighted by Crippen LogP contribution is -2.27. The summed E-state index contributed by atoms with van der Waals surface area (Å²) in [6.45, 7) is 4.53. The molecule has 0 spiro atoms. The van der Waals surface area contributed by atoms with Crippen molar-refractivity contribution in [2.45, 2.75) is 26.4 Å². The van der Waals surface area contributed by atoms with Crippen molar-refractivity contribution < 1.29 is 15.0 Å². The molecular weight excluding hydrogens is 270 g/mol. The standard InChI is InChI=1S/C15H21N3O3/c1-2-17(9-10-19)11-14-16-12-5-3-4-6-13(12)18(14)8-7-15(20)21/h3-6,19H,2,7-11H2,1H3,(H,20,21). The van der Waals surface area contributed by atoms with E-state index in [9.17, 15) is 4.79 Å². The van der Waals surface area contributed by atoms with Crippen LogP contribution < -0.4 is 0 Å². The molecule has 2 rings (SSSR count). The van der Waals surface area contributed by atoms with Crippen molar-refractivity contribution in [2.24, 2.45) is 0 Å². The normalized spacial score (nSPS) is 11.4. The van der Waals surface area contributed by atoms with Crippen LogP contribution in [0.4, 0.5) is 0 Å². The molecule has 0 amide bonds. The van der Waals surface area contributed by atoms with Crippen molar-refractivity contribution in [3.05, 3.63) is 30.1 Å². The Hall–Kier alpha value is -1.92. The van der Waals surface area contributed by atoms with Crippen LogP contribution in [0.25, 0.3) is 11.0 Å². The van der Waals surface area contributed by atoms with Gasteiger partial charge in [-0.1, -0.05) is 19.1 Å². The highest BCUT2D eigenvalue weighted by atomic mass is 16.4. The number of aliphatic carboxylic acids is 1. The maximum Gasteiger partial charge on any atom is 0.305 e. The minimum absolute atomic E-state index is 0.0689. The molecule has 2 N–H and O–H groups in total. The molecule has 0 radical (unpaired) electrons. The molecular formula is C15H21N3O3. The molecule has 2 aromatic rings. The summed E-state index contributed by atoms with van der Waals surface area (Å²) in [7, 11) is 0. The minimum atomic E-state index is -0.818. The Morgan fingerprint density at radius 3 is 2.81 bits per heavy atom. The zero-order valence-corrected chi connectivity index (χ0v) is 12.2. The number of aliphatic hydroxyl groups excluding tert-OH is 1. The number of likely N-dealkylation sites (N-methyl/N-ethyl adjacent to an activating group) is 1. The number of carboxylic acid groups (broad SMARTS) is 1. The topological polar surface area (TPSA) is 78.6 Å². The van der Waals surface area contributed by atoms with E-state index in [2.05, 4.69) is 9.88 Å². The van der Waals surface area contributed by atoms with Crippen LogP contribution in [0.1, 0.15) is 19.2 Å². The quantitative estimate of drug-likeness (QED) is 0.767. The Labute approximate surface area is 123 Å². The predicted molar refractivity (Wildman–Crippen MR) is 80.0 cm³/mol. The van der Waals surface area contributed by atoms with Gasteiger partial charge in [0.05, 0.1) is 30.6 Å². The largest absolute Gasteiger partial charge is 0.481 e. The zero-order chi connectivity index (χ0) is 15.2. The van der Waals surface area contributed by atoms with E-state index in [1.807, 2.05) is 35.8 Å². The van der Waals surface area contributed by atoms with Gasteiger partial charge in [0.1, 0.15) is 5.82 Å². The Balaban J connectivity index is 2.31. The number of carboxylic acids is 1. The summed E-state index contributed by atoms with van der Waals surface area (Å²) in [5, 5.41) is 18.0. The second-order valence-electron chi connectivity index (χ2n) is 4.90. The van der Waals surface area contributed by atoms with E-state index >= 15 is 0 Å². The number of fused-ring (bicyclic) bond motifs is 1. The van der Waals surface area contributed by atoms with E-state index in [0.717, 1.165) is 23.4 Å². The average Bonchev–Trinajstić information content (AvgIpc) is 2.81. The number of nitrogens with zero attached hydrogens (tertiary/aromatic N) is 3. The van der Waals surface area contributed by atoms with Crippen molar-refractivity contribution in [3.63, 3.8) is 0 Å². The summed E-state index contributed by atoms with van der Waals surface area (Å²) in [5.74, 6) is 0.0224. The van der Waals surface area contributed by atoms with Gasteiger partial charge < -0.3 is 14.8 Å². The highest BCUT2D eigenvalue weighted by Crippen LogP contribution is 2.18. The lowest BCUT2D eigenvalue weighted by Gasteiger charge is -2.19. The second kappa shape index (κ2) is 7.19. The van der Waals surface area contributed by atoms with Crippen LogP contribution in [0.2, 0.25) is 0 Å². The number of imidazole rings is 1. The third-order valence-corrected chi connectivity index (χ3v) is 3.51. The van der Waals surface area contributed by atoms with Crippen LogP contribution in [-0.4, -0.2) is 50.3 Å². The molecule has 0 saturated carbocycles. The van der Waals surface area contributed by atoms with Crippen LogP contribution >= 0.6 is 0 Å². The van der Waals surface area contributed by atoms with Crippen molar-refractivity contribution in [2.75, 3.05) is 19.7 Å². The van der Waals surface area contributed by atoms with Crippen LogP contribution in [-0.2, 0) is 17.9 Å². The molecule has 0 unspecified atom stereocenters. The molecule has 1 heterocycles. The summed E-state index contributed by atoms with van der Waals surface area (Å²) in [6.07, 6.45) is 0.0689. The van der Waals surface area contributed by atoms with E-state index < -0.39 is 5.97 Å². The second-order valence-corrected chi connectivity index (χ2v) is 4.90. The maximum absolute atomic E-state index is 10.8. The molecule has 6 heteroatoms. The smallest absolute Gasteiger partial charge is 0.305 e. The third kappa shape index (κ3) is 3.80. The summed E-state index contributed by atoms with van der Waals surface area (Å²) < 4.78 is 1.96. The molecule has 1 aromatic carbocycles. The Morgan fingerprint density at radius 1 is 1.38 bits per heavy atom. The number of hydrogen-bond acceptors (Lipinski definition) is 4. The number of hydrogen-bond donors (Lipinski definition) is 2. The highest BCUT2D eigenvalue weighted by molar-refractivity contribution is 5.76. The Bertz CT molecular complexity index is 609. The molecule has 0 aliphatic rings. The highest BCUT2D eigenvalue weighted by Gasteiger charge is 2.14. The van der Waals surface area contributed by atoms with E-state index in [1.165, 1.54) is 0 Å². The Kier molecular flexibility index (Phi) is 5.30. The minimum Gasteiger partial charge on any atom is -0.481 e. The molecule has 1 aromatic heterocycles. The molecule has 0 fully saturated rings. The molecule has 21 heavy (non-hydrogen) atoms. The molecule has 6 nitrogen and oxygen atoms in total. The summed E-state index contributed by atoms with van der Waals surface area (Å²) in [6, 6.07) is 7.73. The fraction of sp³-hybridized carbons (Fsp3) is 0.467. The first-order valence-corrected chi connectivity index (χ1v) is 7.14. The van der Waals surface area contributed by atoms with E-state index in [4.69, 9.17) is 10.2 Å².